The largest absolute Gasteiger partial charge is 0.481 e. The first-order valence-electron chi connectivity index (χ1n) is 4.81. The lowest BCUT2D eigenvalue weighted by Gasteiger charge is -2.40. The summed E-state index contributed by atoms with van der Waals surface area (Å²) in [5, 5.41) is 9.12. The molecule has 0 saturated heterocycles. The van der Waals surface area contributed by atoms with Crippen LogP contribution in [-0.2, 0) is 4.79 Å². The second kappa shape index (κ2) is 3.17. The van der Waals surface area contributed by atoms with E-state index in [9.17, 15) is 4.79 Å². The summed E-state index contributed by atoms with van der Waals surface area (Å²) < 4.78 is 0. The molecular formula is C11H18O2. The molecule has 1 unspecified atom stereocenters. The van der Waals surface area contributed by atoms with Crippen molar-refractivity contribution in [2.45, 2.75) is 40.0 Å². The van der Waals surface area contributed by atoms with E-state index < -0.39 is 11.4 Å². The number of allylic oxidation sites excluding steroid dienone is 2. The molecule has 13 heavy (non-hydrogen) atoms. The molecule has 1 aliphatic rings. The van der Waals surface area contributed by atoms with Gasteiger partial charge in [0.15, 0.2) is 0 Å². The minimum atomic E-state index is -0.707. The number of carboxylic acids is 1. The topological polar surface area (TPSA) is 37.3 Å². The number of hydrogen-bond donors (Lipinski definition) is 1. The Balaban J connectivity index is 2.96. The summed E-state index contributed by atoms with van der Waals surface area (Å²) in [4.78, 5) is 11.1. The molecule has 0 saturated carbocycles. The molecule has 0 fully saturated rings. The van der Waals surface area contributed by atoms with Gasteiger partial charge in [-0.05, 0) is 33.1 Å². The fourth-order valence-electron chi connectivity index (χ4n) is 1.78. The van der Waals surface area contributed by atoms with Gasteiger partial charge in [0.1, 0.15) is 0 Å². The average molecular weight is 182 g/mol. The summed E-state index contributed by atoms with van der Waals surface area (Å²) in [6.45, 7) is 5.66. The van der Waals surface area contributed by atoms with Crippen molar-refractivity contribution in [3.63, 3.8) is 0 Å². The van der Waals surface area contributed by atoms with Crippen molar-refractivity contribution < 1.29 is 9.90 Å². The van der Waals surface area contributed by atoms with Crippen LogP contribution >= 0.6 is 0 Å². The molecule has 0 radical (unpaired) electrons. The Kier molecular flexibility index (Phi) is 2.51. The molecule has 2 heteroatoms. The van der Waals surface area contributed by atoms with Gasteiger partial charge in [-0.1, -0.05) is 19.1 Å². The van der Waals surface area contributed by atoms with Crippen LogP contribution in [0.25, 0.3) is 0 Å². The van der Waals surface area contributed by atoms with Gasteiger partial charge in [-0.2, -0.15) is 0 Å². The van der Waals surface area contributed by atoms with Crippen molar-refractivity contribution in [1.29, 1.82) is 0 Å². The molecular weight excluding hydrogens is 164 g/mol. The number of carbonyl (C=O) groups is 1. The first kappa shape index (κ1) is 10.3. The van der Waals surface area contributed by atoms with Gasteiger partial charge < -0.3 is 5.11 Å². The second-order valence-corrected chi connectivity index (χ2v) is 4.64. The van der Waals surface area contributed by atoms with Crippen LogP contribution in [0.2, 0.25) is 0 Å². The van der Waals surface area contributed by atoms with Crippen molar-refractivity contribution in [3.05, 3.63) is 12.2 Å². The molecule has 0 aromatic rings. The van der Waals surface area contributed by atoms with E-state index >= 15 is 0 Å². The molecule has 0 amide bonds. The summed E-state index contributed by atoms with van der Waals surface area (Å²) >= 11 is 0. The zero-order chi connectivity index (χ0) is 10.1. The maximum Gasteiger partial charge on any atom is 0.309 e. The second-order valence-electron chi connectivity index (χ2n) is 4.64. The maximum absolute atomic E-state index is 11.1. The van der Waals surface area contributed by atoms with Crippen molar-refractivity contribution in [3.8, 4) is 0 Å². The Morgan fingerprint density at radius 1 is 1.54 bits per heavy atom. The van der Waals surface area contributed by atoms with E-state index in [1.54, 1.807) is 0 Å². The van der Waals surface area contributed by atoms with Gasteiger partial charge in [-0.15, -0.1) is 0 Å². The van der Waals surface area contributed by atoms with Crippen LogP contribution in [0.5, 0.6) is 0 Å². The fraction of sp³-hybridized carbons (Fsp3) is 0.727. The van der Waals surface area contributed by atoms with Gasteiger partial charge in [0.05, 0.1) is 5.41 Å². The van der Waals surface area contributed by atoms with Gasteiger partial charge in [0, 0.05) is 5.41 Å². The highest BCUT2D eigenvalue weighted by atomic mass is 16.4. The number of carboxylic acid groups (broad SMARTS) is 1. The molecule has 0 heterocycles. The van der Waals surface area contributed by atoms with Gasteiger partial charge in [0.2, 0.25) is 0 Å². The van der Waals surface area contributed by atoms with Gasteiger partial charge in [-0.25, -0.2) is 0 Å². The van der Waals surface area contributed by atoms with Crippen LogP contribution in [0.1, 0.15) is 40.0 Å². The highest BCUT2D eigenvalue weighted by Gasteiger charge is 2.45. The predicted molar refractivity (Wildman–Crippen MR) is 52.5 cm³/mol. The van der Waals surface area contributed by atoms with Crippen LogP contribution in [0.3, 0.4) is 0 Å². The Labute approximate surface area is 79.6 Å². The molecule has 0 aromatic heterocycles. The summed E-state index contributed by atoms with van der Waals surface area (Å²) in [5.41, 5.74) is -0.846. The standard InChI is InChI=1S/C11H18O2/c1-10(2,9(12)13)11(3)7-5-4-6-8-11/h5,7H,4,6,8H2,1-3H3,(H,12,13). The first-order valence-corrected chi connectivity index (χ1v) is 4.81. The smallest absolute Gasteiger partial charge is 0.309 e. The lowest BCUT2D eigenvalue weighted by molar-refractivity contribution is -0.152. The zero-order valence-electron chi connectivity index (χ0n) is 8.63. The highest BCUT2D eigenvalue weighted by Crippen LogP contribution is 2.46. The molecule has 0 spiro atoms. The highest BCUT2D eigenvalue weighted by molar-refractivity contribution is 5.75. The van der Waals surface area contributed by atoms with E-state index in [2.05, 4.69) is 12.2 Å². The minimum absolute atomic E-state index is 0.183. The molecule has 0 bridgehead atoms. The minimum Gasteiger partial charge on any atom is -0.481 e. The van der Waals surface area contributed by atoms with Crippen LogP contribution in [0.15, 0.2) is 12.2 Å². The molecule has 1 N–H and O–H groups in total. The lowest BCUT2D eigenvalue weighted by atomic mass is 9.62. The Morgan fingerprint density at radius 2 is 2.15 bits per heavy atom. The molecule has 2 nitrogen and oxygen atoms in total. The number of rotatable bonds is 2. The molecule has 1 rings (SSSR count). The van der Waals surface area contributed by atoms with Crippen LogP contribution < -0.4 is 0 Å². The van der Waals surface area contributed by atoms with Crippen molar-refractivity contribution in [1.82, 2.24) is 0 Å². The number of hydrogen-bond acceptors (Lipinski definition) is 1. The Bertz CT molecular complexity index is 240. The van der Waals surface area contributed by atoms with Gasteiger partial charge >= 0.3 is 5.97 Å². The Morgan fingerprint density at radius 3 is 2.54 bits per heavy atom. The van der Waals surface area contributed by atoms with Gasteiger partial charge in [-0.3, -0.25) is 4.79 Å². The van der Waals surface area contributed by atoms with Crippen LogP contribution in [0.4, 0.5) is 0 Å². The molecule has 0 aromatic carbocycles. The molecule has 1 aliphatic carbocycles. The zero-order valence-corrected chi connectivity index (χ0v) is 8.63. The monoisotopic (exact) mass is 182 g/mol. The van der Waals surface area contributed by atoms with E-state index in [0.29, 0.717) is 0 Å². The third-order valence-electron chi connectivity index (χ3n) is 3.52. The predicted octanol–water partition coefficient (Wildman–Crippen LogP) is 2.84. The van der Waals surface area contributed by atoms with E-state index in [-0.39, 0.29) is 5.41 Å². The van der Waals surface area contributed by atoms with Crippen LogP contribution in [-0.4, -0.2) is 11.1 Å². The third kappa shape index (κ3) is 1.62. The molecule has 1 atom stereocenters. The van der Waals surface area contributed by atoms with Crippen molar-refractivity contribution in [2.24, 2.45) is 10.8 Å². The first-order chi connectivity index (χ1) is 5.90. The van der Waals surface area contributed by atoms with Gasteiger partial charge in [0.25, 0.3) is 0 Å². The Hall–Kier alpha value is -0.790. The van der Waals surface area contributed by atoms with Crippen molar-refractivity contribution >= 4 is 5.97 Å². The summed E-state index contributed by atoms with van der Waals surface area (Å²) in [7, 11) is 0. The SMILES string of the molecule is CC1(C(C)(C)C(=O)O)C=CCCC1. The van der Waals surface area contributed by atoms with E-state index in [4.69, 9.17) is 5.11 Å². The van der Waals surface area contributed by atoms with E-state index in [1.807, 2.05) is 20.8 Å². The summed E-state index contributed by atoms with van der Waals surface area (Å²) in [6.07, 6.45) is 7.34. The van der Waals surface area contributed by atoms with Crippen LogP contribution in [0, 0.1) is 10.8 Å². The number of aliphatic carboxylic acids is 1. The molecule has 0 aliphatic heterocycles. The van der Waals surface area contributed by atoms with E-state index in [1.165, 1.54) is 0 Å². The average Bonchev–Trinajstić information content (AvgIpc) is 2.05. The quantitative estimate of drug-likeness (QED) is 0.667. The third-order valence-corrected chi connectivity index (χ3v) is 3.52. The van der Waals surface area contributed by atoms with E-state index in [0.717, 1.165) is 19.3 Å². The molecule has 74 valence electrons. The summed E-state index contributed by atoms with van der Waals surface area (Å²) in [5.74, 6) is -0.707. The normalized spacial score (nSPS) is 28.8. The maximum atomic E-state index is 11.1. The van der Waals surface area contributed by atoms with Crippen molar-refractivity contribution in [2.75, 3.05) is 0 Å². The lowest BCUT2D eigenvalue weighted by Crippen LogP contribution is -2.41. The summed E-state index contributed by atoms with van der Waals surface area (Å²) in [6, 6.07) is 0. The fourth-order valence-corrected chi connectivity index (χ4v) is 1.78.